The quantitative estimate of drug-likeness (QED) is 0.107. The molecule has 0 bridgehead atoms. The molecule has 0 aliphatic heterocycles. The molecule has 0 aliphatic rings. The van der Waals surface area contributed by atoms with E-state index in [1.807, 2.05) is 0 Å². The van der Waals surface area contributed by atoms with Crippen LogP contribution in [0.2, 0.25) is 0 Å². The highest BCUT2D eigenvalue weighted by Crippen LogP contribution is 2.09. The zero-order chi connectivity index (χ0) is 23.2. The van der Waals surface area contributed by atoms with Crippen molar-refractivity contribution in [3.05, 3.63) is 24.3 Å². The third-order valence-corrected chi connectivity index (χ3v) is 5.09. The summed E-state index contributed by atoms with van der Waals surface area (Å²) in [5.74, 6) is -0.892. The molecule has 180 valence electrons. The van der Waals surface area contributed by atoms with Gasteiger partial charge in [0.15, 0.2) is 0 Å². The summed E-state index contributed by atoms with van der Waals surface area (Å²) in [6.45, 7) is 12.6. The predicted molar refractivity (Wildman–Crippen MR) is 127 cm³/mol. The molecular formula is C26H46O5. The fourth-order valence-electron chi connectivity index (χ4n) is 3.07. The highest BCUT2D eigenvalue weighted by molar-refractivity contribution is 5.88. The molecule has 0 unspecified atom stereocenters. The van der Waals surface area contributed by atoms with Crippen molar-refractivity contribution in [2.75, 3.05) is 26.4 Å². The summed E-state index contributed by atoms with van der Waals surface area (Å²) in [4.78, 5) is 23.8. The topological polar surface area (TPSA) is 61.8 Å². The minimum absolute atomic E-state index is 0.0138. The minimum Gasteiger partial charge on any atom is -0.462 e. The van der Waals surface area contributed by atoms with Crippen molar-refractivity contribution in [3.8, 4) is 0 Å². The van der Waals surface area contributed by atoms with Gasteiger partial charge in [0.2, 0.25) is 0 Å². The first-order valence-electron chi connectivity index (χ1n) is 12.3. The first-order chi connectivity index (χ1) is 15.0. The summed E-state index contributed by atoms with van der Waals surface area (Å²) in [6.07, 6.45) is 16.4. The number of rotatable bonds is 22. The van der Waals surface area contributed by atoms with Crippen LogP contribution in [0.3, 0.4) is 0 Å². The van der Waals surface area contributed by atoms with Crippen LogP contribution in [0.25, 0.3) is 0 Å². The van der Waals surface area contributed by atoms with Crippen LogP contribution < -0.4 is 0 Å². The van der Waals surface area contributed by atoms with Gasteiger partial charge in [-0.15, -0.1) is 0 Å². The summed E-state index contributed by atoms with van der Waals surface area (Å²) in [5, 5.41) is 0. The third kappa shape index (κ3) is 18.8. The minimum atomic E-state index is -0.446. The Bertz CT molecular complexity index is 454. The molecule has 0 heterocycles. The fourth-order valence-corrected chi connectivity index (χ4v) is 3.07. The Morgan fingerprint density at radius 1 is 0.548 bits per heavy atom. The Morgan fingerprint density at radius 2 is 0.871 bits per heavy atom. The lowest BCUT2D eigenvalue weighted by Gasteiger charge is -2.10. The van der Waals surface area contributed by atoms with Crippen LogP contribution in [0.5, 0.6) is 0 Å². The lowest BCUT2D eigenvalue weighted by Crippen LogP contribution is -2.16. The Morgan fingerprint density at radius 3 is 1.23 bits per heavy atom. The summed E-state index contributed by atoms with van der Waals surface area (Å²) in [6, 6.07) is 0. The number of unbranched alkanes of at least 4 members (excludes halogenated alkanes) is 12. The van der Waals surface area contributed by atoms with E-state index in [-0.39, 0.29) is 24.4 Å². The van der Waals surface area contributed by atoms with Crippen LogP contribution in [0, 0.1) is 0 Å². The maximum atomic E-state index is 11.9. The number of carbonyl (C=O) groups is 2. The number of carbonyl (C=O) groups excluding carboxylic acids is 2. The molecule has 0 atom stereocenters. The predicted octanol–water partition coefficient (Wildman–Crippen LogP) is 6.70. The molecule has 31 heavy (non-hydrogen) atoms. The second-order valence-electron chi connectivity index (χ2n) is 8.21. The molecule has 0 aliphatic carbocycles. The van der Waals surface area contributed by atoms with Gasteiger partial charge in [-0.05, 0) is 12.8 Å². The molecule has 0 spiro atoms. The Hall–Kier alpha value is -1.62. The van der Waals surface area contributed by atoms with E-state index < -0.39 is 11.9 Å². The zero-order valence-electron chi connectivity index (χ0n) is 20.2. The molecule has 0 aromatic carbocycles. The fraction of sp³-hybridized carbons (Fsp3) is 0.769. The average Bonchev–Trinajstić information content (AvgIpc) is 2.76. The van der Waals surface area contributed by atoms with E-state index in [0.29, 0.717) is 13.2 Å². The van der Waals surface area contributed by atoms with Gasteiger partial charge in [-0.25, -0.2) is 9.59 Å². The highest BCUT2D eigenvalue weighted by atomic mass is 16.5. The normalized spacial score (nSPS) is 10.6. The summed E-state index contributed by atoms with van der Waals surface area (Å²) < 4.78 is 15.8. The van der Waals surface area contributed by atoms with Gasteiger partial charge in [0.05, 0.1) is 37.6 Å². The second kappa shape index (κ2) is 21.6. The molecule has 0 fully saturated rings. The Labute approximate surface area is 190 Å². The first kappa shape index (κ1) is 29.4. The monoisotopic (exact) mass is 438 g/mol. The highest BCUT2D eigenvalue weighted by Gasteiger charge is 2.12. The molecule has 0 saturated carbocycles. The van der Waals surface area contributed by atoms with Gasteiger partial charge in [-0.2, -0.15) is 0 Å². The van der Waals surface area contributed by atoms with Crippen molar-refractivity contribution in [2.45, 2.75) is 104 Å². The van der Waals surface area contributed by atoms with Crippen molar-refractivity contribution in [1.82, 2.24) is 0 Å². The van der Waals surface area contributed by atoms with Crippen molar-refractivity contribution >= 4 is 11.9 Å². The van der Waals surface area contributed by atoms with Crippen molar-refractivity contribution in [1.29, 1.82) is 0 Å². The Balaban J connectivity index is 3.65. The lowest BCUT2D eigenvalue weighted by atomic mass is 10.1. The van der Waals surface area contributed by atoms with Crippen LogP contribution in [0.4, 0.5) is 0 Å². The van der Waals surface area contributed by atoms with Crippen molar-refractivity contribution in [2.24, 2.45) is 0 Å². The second-order valence-corrected chi connectivity index (χ2v) is 8.21. The van der Waals surface area contributed by atoms with Crippen LogP contribution >= 0.6 is 0 Å². The van der Waals surface area contributed by atoms with Crippen LogP contribution in [0.1, 0.15) is 104 Å². The molecule has 5 heteroatoms. The Kier molecular flexibility index (Phi) is 20.5. The zero-order valence-corrected chi connectivity index (χ0v) is 20.2. The van der Waals surface area contributed by atoms with Gasteiger partial charge in [-0.1, -0.05) is 104 Å². The summed E-state index contributed by atoms with van der Waals surface area (Å²) in [7, 11) is 0. The molecule has 0 amide bonds. The number of ether oxygens (including phenoxy) is 3. The van der Waals surface area contributed by atoms with Gasteiger partial charge in [0.25, 0.3) is 0 Å². The van der Waals surface area contributed by atoms with E-state index in [9.17, 15) is 9.59 Å². The van der Waals surface area contributed by atoms with Gasteiger partial charge in [0.1, 0.15) is 0 Å². The van der Waals surface area contributed by atoms with E-state index in [2.05, 4.69) is 27.0 Å². The van der Waals surface area contributed by atoms with Gasteiger partial charge >= 0.3 is 11.9 Å². The molecule has 5 nitrogen and oxygen atoms in total. The van der Waals surface area contributed by atoms with Crippen LogP contribution in [-0.4, -0.2) is 38.4 Å². The third-order valence-electron chi connectivity index (χ3n) is 5.09. The SMILES string of the molecule is C=C(COCC(=C)C(=O)OCCCCCCCCC)C(=O)OCCCCCCCCC. The van der Waals surface area contributed by atoms with Crippen molar-refractivity contribution in [3.63, 3.8) is 0 Å². The first-order valence-corrected chi connectivity index (χ1v) is 12.3. The van der Waals surface area contributed by atoms with E-state index >= 15 is 0 Å². The smallest absolute Gasteiger partial charge is 0.335 e. The van der Waals surface area contributed by atoms with Gasteiger partial charge in [-0.3, -0.25) is 0 Å². The summed E-state index contributed by atoms with van der Waals surface area (Å²) in [5.41, 5.74) is 0.486. The van der Waals surface area contributed by atoms with E-state index in [4.69, 9.17) is 14.2 Å². The van der Waals surface area contributed by atoms with Gasteiger partial charge in [0, 0.05) is 0 Å². The van der Waals surface area contributed by atoms with E-state index in [1.54, 1.807) is 0 Å². The summed E-state index contributed by atoms with van der Waals surface area (Å²) >= 11 is 0. The number of esters is 2. The van der Waals surface area contributed by atoms with Gasteiger partial charge < -0.3 is 14.2 Å². The van der Waals surface area contributed by atoms with E-state index in [1.165, 1.54) is 64.2 Å². The number of hydrogen-bond acceptors (Lipinski definition) is 5. The average molecular weight is 439 g/mol. The maximum Gasteiger partial charge on any atom is 0.335 e. The lowest BCUT2D eigenvalue weighted by molar-refractivity contribution is -0.139. The molecule has 0 radical (unpaired) electrons. The molecule has 0 saturated heterocycles. The molecule has 0 aromatic heterocycles. The van der Waals surface area contributed by atoms with E-state index in [0.717, 1.165) is 25.7 Å². The van der Waals surface area contributed by atoms with Crippen LogP contribution in [-0.2, 0) is 23.8 Å². The van der Waals surface area contributed by atoms with Crippen molar-refractivity contribution < 1.29 is 23.8 Å². The number of hydrogen-bond donors (Lipinski definition) is 0. The molecular weight excluding hydrogens is 392 g/mol. The molecule has 0 rings (SSSR count). The standard InChI is InChI=1S/C26H46O5/c1-5-7-9-11-13-15-17-19-30-25(27)23(3)21-29-22-24(4)26(28)31-20-18-16-14-12-10-8-6-2/h3-22H2,1-2H3. The molecule has 0 N–H and O–H groups in total. The van der Waals surface area contributed by atoms with Crippen LogP contribution in [0.15, 0.2) is 24.3 Å². The largest absolute Gasteiger partial charge is 0.462 e. The molecule has 0 aromatic rings. The maximum absolute atomic E-state index is 11.9.